The number of aliphatic carboxylic acids is 1. The van der Waals surface area contributed by atoms with Crippen LogP contribution in [0.15, 0.2) is 36.4 Å². The van der Waals surface area contributed by atoms with Crippen LogP contribution in [-0.2, 0) is 4.79 Å². The van der Waals surface area contributed by atoms with Gasteiger partial charge in [0.25, 0.3) is 0 Å². The summed E-state index contributed by atoms with van der Waals surface area (Å²) in [5.41, 5.74) is 1.83. The van der Waals surface area contributed by atoms with Crippen molar-refractivity contribution in [3.8, 4) is 11.5 Å². The zero-order valence-corrected chi connectivity index (χ0v) is 15.3. The lowest BCUT2D eigenvalue weighted by Gasteiger charge is -2.32. The van der Waals surface area contributed by atoms with E-state index < -0.39 is 12.0 Å². The van der Waals surface area contributed by atoms with E-state index in [9.17, 15) is 9.90 Å². The van der Waals surface area contributed by atoms with Crippen LogP contribution in [0.4, 0.5) is 0 Å². The Morgan fingerprint density at radius 3 is 2.58 bits per heavy atom. The SMILES string of the molecule is O=C(O)C1CCCN1C(c1ccc(Cl)c(Cl)c1)c1ccc2c(c1)OCO2. The van der Waals surface area contributed by atoms with E-state index in [1.54, 1.807) is 12.1 Å². The first-order valence-corrected chi connectivity index (χ1v) is 9.13. The summed E-state index contributed by atoms with van der Waals surface area (Å²) >= 11 is 12.3. The molecule has 0 saturated carbocycles. The molecule has 2 aliphatic heterocycles. The normalized spacial score (nSPS) is 20.3. The minimum Gasteiger partial charge on any atom is -0.480 e. The van der Waals surface area contributed by atoms with Gasteiger partial charge >= 0.3 is 5.97 Å². The van der Waals surface area contributed by atoms with Gasteiger partial charge in [-0.05, 0) is 48.2 Å². The van der Waals surface area contributed by atoms with E-state index in [1.165, 1.54) is 0 Å². The summed E-state index contributed by atoms with van der Waals surface area (Å²) in [6.07, 6.45) is 1.46. The summed E-state index contributed by atoms with van der Waals surface area (Å²) in [6, 6.07) is 10.3. The number of benzene rings is 2. The molecule has 2 aromatic rings. The predicted octanol–water partition coefficient (Wildman–Crippen LogP) is 4.36. The number of likely N-dealkylation sites (tertiary alicyclic amines) is 1. The molecule has 136 valence electrons. The minimum atomic E-state index is -0.812. The van der Waals surface area contributed by atoms with Crippen molar-refractivity contribution in [2.75, 3.05) is 13.3 Å². The molecule has 2 atom stereocenters. The number of hydrogen-bond acceptors (Lipinski definition) is 4. The lowest BCUT2D eigenvalue weighted by atomic mass is 9.96. The molecule has 0 spiro atoms. The van der Waals surface area contributed by atoms with Crippen LogP contribution >= 0.6 is 23.2 Å². The van der Waals surface area contributed by atoms with Gasteiger partial charge in [0.1, 0.15) is 6.04 Å². The topological polar surface area (TPSA) is 59.0 Å². The zero-order valence-electron chi connectivity index (χ0n) is 13.8. The van der Waals surface area contributed by atoms with Crippen LogP contribution in [-0.4, -0.2) is 35.4 Å². The number of carboxylic acid groups (broad SMARTS) is 1. The lowest BCUT2D eigenvalue weighted by molar-refractivity contribution is -0.142. The van der Waals surface area contributed by atoms with E-state index in [2.05, 4.69) is 0 Å². The maximum atomic E-state index is 11.8. The van der Waals surface area contributed by atoms with Crippen molar-refractivity contribution in [2.45, 2.75) is 24.9 Å². The van der Waals surface area contributed by atoms with E-state index in [4.69, 9.17) is 32.7 Å². The Morgan fingerprint density at radius 2 is 1.81 bits per heavy atom. The minimum absolute atomic E-state index is 0.192. The fraction of sp³-hybridized carbons (Fsp3) is 0.316. The van der Waals surface area contributed by atoms with E-state index >= 15 is 0 Å². The highest BCUT2D eigenvalue weighted by atomic mass is 35.5. The van der Waals surface area contributed by atoms with Gasteiger partial charge in [-0.15, -0.1) is 0 Å². The number of carboxylic acids is 1. The van der Waals surface area contributed by atoms with Crippen LogP contribution in [0.2, 0.25) is 10.0 Å². The molecule has 0 amide bonds. The standard InChI is InChI=1S/C19H17Cl2NO4/c20-13-5-3-11(8-14(13)21)18(22-7-1-2-15(22)19(23)24)12-4-6-16-17(9-12)26-10-25-16/h3-6,8-9,15,18H,1-2,7,10H2,(H,23,24). The van der Waals surface area contributed by atoms with Gasteiger partial charge in [-0.1, -0.05) is 35.3 Å². The van der Waals surface area contributed by atoms with Gasteiger partial charge < -0.3 is 14.6 Å². The number of fused-ring (bicyclic) bond motifs is 1. The van der Waals surface area contributed by atoms with Gasteiger partial charge in [0.2, 0.25) is 6.79 Å². The molecular formula is C19H17Cl2NO4. The molecule has 0 aromatic heterocycles. The first kappa shape index (κ1) is 17.5. The predicted molar refractivity (Wildman–Crippen MR) is 98.2 cm³/mol. The van der Waals surface area contributed by atoms with Crippen molar-refractivity contribution < 1.29 is 19.4 Å². The summed E-state index contributed by atoms with van der Waals surface area (Å²) in [5.74, 6) is 0.546. The molecule has 2 heterocycles. The molecule has 2 unspecified atom stereocenters. The summed E-state index contributed by atoms with van der Waals surface area (Å²) < 4.78 is 10.9. The summed E-state index contributed by atoms with van der Waals surface area (Å²) in [4.78, 5) is 13.8. The van der Waals surface area contributed by atoms with Crippen molar-refractivity contribution >= 4 is 29.2 Å². The molecule has 5 nitrogen and oxygen atoms in total. The summed E-state index contributed by atoms with van der Waals surface area (Å²) in [5, 5.41) is 10.6. The molecule has 4 rings (SSSR count). The average Bonchev–Trinajstić information content (AvgIpc) is 3.27. The molecule has 7 heteroatoms. The second-order valence-corrected chi connectivity index (χ2v) is 7.24. The highest BCUT2D eigenvalue weighted by Gasteiger charge is 2.37. The number of nitrogens with zero attached hydrogens (tertiary/aromatic N) is 1. The quantitative estimate of drug-likeness (QED) is 0.835. The summed E-state index contributed by atoms with van der Waals surface area (Å²) in [6.45, 7) is 0.883. The maximum absolute atomic E-state index is 11.8. The third kappa shape index (κ3) is 3.11. The Morgan fingerprint density at radius 1 is 1.08 bits per heavy atom. The molecular weight excluding hydrogens is 377 g/mol. The van der Waals surface area contributed by atoms with Crippen LogP contribution < -0.4 is 9.47 Å². The number of halogens is 2. The Labute approximate surface area is 161 Å². The Hall–Kier alpha value is -1.95. The highest BCUT2D eigenvalue weighted by Crippen LogP contribution is 2.41. The lowest BCUT2D eigenvalue weighted by Crippen LogP contribution is -2.39. The number of rotatable bonds is 4. The van der Waals surface area contributed by atoms with Gasteiger partial charge in [-0.2, -0.15) is 0 Å². The van der Waals surface area contributed by atoms with E-state index in [0.29, 0.717) is 34.5 Å². The Bertz CT molecular complexity index is 857. The van der Waals surface area contributed by atoms with Gasteiger partial charge in [-0.25, -0.2) is 0 Å². The van der Waals surface area contributed by atoms with E-state index in [1.807, 2.05) is 29.2 Å². The Balaban J connectivity index is 1.81. The van der Waals surface area contributed by atoms with Crippen molar-refractivity contribution in [1.82, 2.24) is 4.90 Å². The molecule has 0 bridgehead atoms. The molecule has 1 fully saturated rings. The number of hydrogen-bond donors (Lipinski definition) is 1. The molecule has 0 radical (unpaired) electrons. The first-order chi connectivity index (χ1) is 12.5. The molecule has 0 aliphatic carbocycles. The van der Waals surface area contributed by atoms with E-state index in [-0.39, 0.29) is 12.8 Å². The number of carbonyl (C=O) groups is 1. The second-order valence-electron chi connectivity index (χ2n) is 6.42. The molecule has 1 saturated heterocycles. The fourth-order valence-electron chi connectivity index (χ4n) is 3.70. The van der Waals surface area contributed by atoms with Gasteiger partial charge in [0.15, 0.2) is 11.5 Å². The third-order valence-corrected chi connectivity index (χ3v) is 5.62. The molecule has 2 aromatic carbocycles. The van der Waals surface area contributed by atoms with Crippen molar-refractivity contribution in [2.24, 2.45) is 0 Å². The van der Waals surface area contributed by atoms with Gasteiger partial charge in [0, 0.05) is 6.54 Å². The third-order valence-electron chi connectivity index (χ3n) is 4.88. The first-order valence-electron chi connectivity index (χ1n) is 8.37. The van der Waals surface area contributed by atoms with E-state index in [0.717, 1.165) is 17.5 Å². The van der Waals surface area contributed by atoms with Crippen molar-refractivity contribution in [1.29, 1.82) is 0 Å². The monoisotopic (exact) mass is 393 g/mol. The number of ether oxygens (including phenoxy) is 2. The zero-order chi connectivity index (χ0) is 18.3. The van der Waals surface area contributed by atoms with Crippen LogP contribution in [0.1, 0.15) is 30.0 Å². The van der Waals surface area contributed by atoms with Gasteiger partial charge in [-0.3, -0.25) is 9.69 Å². The molecule has 26 heavy (non-hydrogen) atoms. The second kappa shape index (κ2) is 6.99. The van der Waals surface area contributed by atoms with Crippen molar-refractivity contribution in [3.63, 3.8) is 0 Å². The Kier molecular flexibility index (Phi) is 4.69. The smallest absolute Gasteiger partial charge is 0.320 e. The molecule has 1 N–H and O–H groups in total. The van der Waals surface area contributed by atoms with Crippen molar-refractivity contribution in [3.05, 3.63) is 57.6 Å². The van der Waals surface area contributed by atoms with Gasteiger partial charge in [0.05, 0.1) is 16.1 Å². The van der Waals surface area contributed by atoms with Crippen LogP contribution in [0.5, 0.6) is 11.5 Å². The maximum Gasteiger partial charge on any atom is 0.320 e. The van der Waals surface area contributed by atoms with Crippen LogP contribution in [0, 0.1) is 0 Å². The highest BCUT2D eigenvalue weighted by molar-refractivity contribution is 6.42. The van der Waals surface area contributed by atoms with Crippen LogP contribution in [0.25, 0.3) is 0 Å². The molecule has 2 aliphatic rings. The average molecular weight is 394 g/mol. The van der Waals surface area contributed by atoms with Crippen LogP contribution in [0.3, 0.4) is 0 Å². The summed E-state index contributed by atoms with van der Waals surface area (Å²) in [7, 11) is 0. The fourth-order valence-corrected chi connectivity index (χ4v) is 4.01. The largest absolute Gasteiger partial charge is 0.480 e.